The zero-order chi connectivity index (χ0) is 14.8. The number of allylic oxidation sites excluding steroid dienone is 1. The Morgan fingerprint density at radius 2 is 2.15 bits per heavy atom. The van der Waals surface area contributed by atoms with Crippen LogP contribution in [0.1, 0.15) is 52.9 Å². The molecule has 0 aromatic carbocycles. The summed E-state index contributed by atoms with van der Waals surface area (Å²) < 4.78 is 10.9. The number of rotatable bonds is 1. The van der Waals surface area contributed by atoms with Crippen LogP contribution in [0.4, 0.5) is 0 Å². The third kappa shape index (κ3) is 3.69. The topological polar surface area (TPSA) is 55.9 Å². The summed E-state index contributed by atoms with van der Waals surface area (Å²) in [6.45, 7) is 5.50. The number of carbonyl (C=O) groups is 2. The molecule has 1 aliphatic heterocycles. The fraction of sp³-hybridized carbons (Fsp3) is 0.750. The summed E-state index contributed by atoms with van der Waals surface area (Å²) in [5, 5.41) is 0. The van der Waals surface area contributed by atoms with Crippen molar-refractivity contribution in [1.29, 1.82) is 0 Å². The van der Waals surface area contributed by atoms with E-state index >= 15 is 0 Å². The molecule has 4 nitrogen and oxygen atoms in total. The van der Waals surface area contributed by atoms with Gasteiger partial charge in [-0.25, -0.2) is 0 Å². The number of carbonyl (C=O) groups excluding carboxylic acids is 2. The van der Waals surface area contributed by atoms with Crippen LogP contribution in [0.15, 0.2) is 12.2 Å². The van der Waals surface area contributed by atoms with E-state index in [0.717, 1.165) is 19.3 Å². The molecule has 1 fully saturated rings. The maximum absolute atomic E-state index is 12.1. The number of fused-ring (bicyclic) bond motifs is 1. The minimum atomic E-state index is -0.557. The molecule has 0 amide bonds. The van der Waals surface area contributed by atoms with Crippen molar-refractivity contribution >= 4 is 11.8 Å². The minimum absolute atomic E-state index is 0.0671. The Morgan fingerprint density at radius 3 is 2.85 bits per heavy atom. The third-order valence-electron chi connectivity index (χ3n) is 4.29. The average Bonchev–Trinajstić information content (AvgIpc) is 3.02. The highest BCUT2D eigenvalue weighted by molar-refractivity contribution is 5.91. The molecule has 0 saturated carbocycles. The molecule has 2 aliphatic rings. The number of epoxide rings is 1. The van der Waals surface area contributed by atoms with E-state index in [9.17, 15) is 9.59 Å². The lowest BCUT2D eigenvalue weighted by Gasteiger charge is -2.20. The largest absolute Gasteiger partial charge is 0.462 e. The summed E-state index contributed by atoms with van der Waals surface area (Å²) in [6.07, 6.45) is 7.64. The molecule has 1 aliphatic carbocycles. The highest BCUT2D eigenvalue weighted by atomic mass is 16.6. The van der Waals surface area contributed by atoms with E-state index in [-0.39, 0.29) is 24.0 Å². The molecule has 0 N–H and O–H groups in total. The standard InChI is InChI=1S/C16H24O4/c1-11-8-9-15-16(3,20-15)14(18)7-5-4-6-13(10-11)19-12(2)17/h4-5,11,13,15H,6-10H2,1-3H3/b5-4-/t11-,13-,15+,16+/m0/s1. The lowest BCUT2D eigenvalue weighted by molar-refractivity contribution is -0.147. The second-order valence-electron chi connectivity index (χ2n) is 6.20. The first-order valence-electron chi connectivity index (χ1n) is 7.45. The molecule has 2 rings (SSSR count). The van der Waals surface area contributed by atoms with E-state index < -0.39 is 5.60 Å². The van der Waals surface area contributed by atoms with Crippen LogP contribution in [0.3, 0.4) is 0 Å². The van der Waals surface area contributed by atoms with Crippen LogP contribution in [0.2, 0.25) is 0 Å². The molecule has 1 saturated heterocycles. The molecule has 20 heavy (non-hydrogen) atoms. The predicted molar refractivity (Wildman–Crippen MR) is 75.2 cm³/mol. The second-order valence-corrected chi connectivity index (χ2v) is 6.20. The van der Waals surface area contributed by atoms with E-state index in [0.29, 0.717) is 18.8 Å². The van der Waals surface area contributed by atoms with Crippen LogP contribution >= 0.6 is 0 Å². The molecule has 0 radical (unpaired) electrons. The first-order chi connectivity index (χ1) is 9.41. The van der Waals surface area contributed by atoms with Crippen LogP contribution in [0.25, 0.3) is 0 Å². The van der Waals surface area contributed by atoms with Gasteiger partial charge in [0, 0.05) is 19.8 Å². The fourth-order valence-corrected chi connectivity index (χ4v) is 2.91. The van der Waals surface area contributed by atoms with Gasteiger partial charge in [0.2, 0.25) is 0 Å². The van der Waals surface area contributed by atoms with Gasteiger partial charge in [0.25, 0.3) is 0 Å². The van der Waals surface area contributed by atoms with E-state index in [1.807, 2.05) is 19.1 Å². The number of hydrogen-bond donors (Lipinski definition) is 0. The number of ketones is 1. The summed E-state index contributed by atoms with van der Waals surface area (Å²) in [5.74, 6) is 0.364. The maximum Gasteiger partial charge on any atom is 0.302 e. The van der Waals surface area contributed by atoms with Crippen molar-refractivity contribution < 1.29 is 19.1 Å². The summed E-state index contributed by atoms with van der Waals surface area (Å²) >= 11 is 0. The zero-order valence-corrected chi connectivity index (χ0v) is 12.6. The van der Waals surface area contributed by atoms with Gasteiger partial charge >= 0.3 is 5.97 Å². The Kier molecular flexibility index (Phi) is 4.63. The lowest BCUT2D eigenvalue weighted by Crippen LogP contribution is -2.24. The molecule has 112 valence electrons. The average molecular weight is 280 g/mol. The Morgan fingerprint density at radius 1 is 1.40 bits per heavy atom. The van der Waals surface area contributed by atoms with Crippen molar-refractivity contribution in [1.82, 2.24) is 0 Å². The minimum Gasteiger partial charge on any atom is -0.462 e. The molecule has 0 spiro atoms. The van der Waals surface area contributed by atoms with Crippen molar-refractivity contribution in [2.24, 2.45) is 5.92 Å². The quantitative estimate of drug-likeness (QED) is 0.421. The van der Waals surface area contributed by atoms with Gasteiger partial charge < -0.3 is 9.47 Å². The molecule has 0 aromatic rings. The first kappa shape index (κ1) is 15.2. The zero-order valence-electron chi connectivity index (χ0n) is 12.6. The maximum atomic E-state index is 12.1. The van der Waals surface area contributed by atoms with Crippen LogP contribution in [0, 0.1) is 5.92 Å². The molecule has 0 unspecified atom stereocenters. The second kappa shape index (κ2) is 6.08. The normalized spacial score (nSPS) is 40.0. The Hall–Kier alpha value is -1.16. The van der Waals surface area contributed by atoms with Gasteiger partial charge in [0.1, 0.15) is 6.10 Å². The summed E-state index contributed by atoms with van der Waals surface area (Å²) in [6, 6.07) is 0. The van der Waals surface area contributed by atoms with Gasteiger partial charge in [0.05, 0.1) is 6.10 Å². The van der Waals surface area contributed by atoms with Gasteiger partial charge in [-0.1, -0.05) is 19.1 Å². The molecule has 4 heteroatoms. The van der Waals surface area contributed by atoms with Gasteiger partial charge in [-0.3, -0.25) is 9.59 Å². The summed E-state index contributed by atoms with van der Waals surface area (Å²) in [4.78, 5) is 23.2. The summed E-state index contributed by atoms with van der Waals surface area (Å²) in [7, 11) is 0. The highest BCUT2D eigenvalue weighted by Crippen LogP contribution is 2.42. The van der Waals surface area contributed by atoms with E-state index in [4.69, 9.17) is 9.47 Å². The lowest BCUT2D eigenvalue weighted by atomic mass is 9.90. The molecule has 1 heterocycles. The van der Waals surface area contributed by atoms with Crippen LogP contribution < -0.4 is 0 Å². The highest BCUT2D eigenvalue weighted by Gasteiger charge is 2.56. The first-order valence-corrected chi connectivity index (χ1v) is 7.45. The van der Waals surface area contributed by atoms with Gasteiger partial charge in [-0.15, -0.1) is 0 Å². The molecular weight excluding hydrogens is 256 g/mol. The molecule has 4 atom stereocenters. The Balaban J connectivity index is 2.01. The van der Waals surface area contributed by atoms with Gasteiger partial charge in [-0.05, 0) is 32.1 Å². The van der Waals surface area contributed by atoms with Crippen LogP contribution in [-0.2, 0) is 19.1 Å². The monoisotopic (exact) mass is 280 g/mol. The van der Waals surface area contributed by atoms with Crippen LogP contribution in [0.5, 0.6) is 0 Å². The molecular formula is C16H24O4. The summed E-state index contributed by atoms with van der Waals surface area (Å²) in [5.41, 5.74) is -0.557. The fourth-order valence-electron chi connectivity index (χ4n) is 2.91. The number of esters is 1. The van der Waals surface area contributed by atoms with E-state index in [1.165, 1.54) is 6.92 Å². The van der Waals surface area contributed by atoms with Crippen molar-refractivity contribution in [2.75, 3.05) is 0 Å². The SMILES string of the molecule is CC(=O)O[C@H]1C/C=C\CC(=O)[C@@]2(C)O[C@@H]2CC[C@H](C)C1. The molecule has 0 aromatic heterocycles. The van der Waals surface area contributed by atoms with Crippen molar-refractivity contribution in [3.05, 3.63) is 12.2 Å². The Labute approximate surface area is 120 Å². The number of ether oxygens (including phenoxy) is 2. The van der Waals surface area contributed by atoms with Gasteiger partial charge in [-0.2, -0.15) is 0 Å². The van der Waals surface area contributed by atoms with Crippen molar-refractivity contribution in [2.45, 2.75) is 70.7 Å². The van der Waals surface area contributed by atoms with E-state index in [2.05, 4.69) is 6.92 Å². The Bertz CT molecular complexity index is 415. The van der Waals surface area contributed by atoms with Crippen molar-refractivity contribution in [3.63, 3.8) is 0 Å². The van der Waals surface area contributed by atoms with Crippen LogP contribution in [-0.4, -0.2) is 29.6 Å². The van der Waals surface area contributed by atoms with Gasteiger partial charge in [0.15, 0.2) is 11.4 Å². The number of hydrogen-bond acceptors (Lipinski definition) is 4. The third-order valence-corrected chi connectivity index (χ3v) is 4.29. The molecule has 0 bridgehead atoms. The predicted octanol–water partition coefficient (Wildman–Crippen LogP) is 2.80. The van der Waals surface area contributed by atoms with E-state index in [1.54, 1.807) is 0 Å². The smallest absolute Gasteiger partial charge is 0.302 e. The number of Topliss-reactive ketones (excluding diaryl/α,β-unsaturated/α-hetero) is 1. The van der Waals surface area contributed by atoms with Crippen molar-refractivity contribution in [3.8, 4) is 0 Å².